The fraction of sp³-hybridized carbons (Fsp3) is 0.333. The van der Waals surface area contributed by atoms with E-state index in [1.165, 1.54) is 5.56 Å². The molecule has 1 fully saturated rings. The molecule has 0 amide bonds. The summed E-state index contributed by atoms with van der Waals surface area (Å²) in [6.45, 7) is 2.08. The van der Waals surface area contributed by atoms with Gasteiger partial charge in [-0.1, -0.05) is 23.9 Å². The monoisotopic (exact) mass is 467 g/mol. The average Bonchev–Trinajstić information content (AvgIpc) is 3.12. The van der Waals surface area contributed by atoms with Crippen LogP contribution in [0.25, 0.3) is 11.0 Å². The molecule has 2 aromatic carbocycles. The van der Waals surface area contributed by atoms with Crippen molar-refractivity contribution >= 4 is 53.4 Å². The minimum atomic E-state index is 0. The number of nitrogen functional groups attached to an aromatic ring is 1. The largest absolute Gasteiger partial charge is 0.490 e. The van der Waals surface area contributed by atoms with Crippen LogP contribution in [0.3, 0.4) is 0 Å². The Morgan fingerprint density at radius 3 is 2.57 bits per heavy atom. The lowest BCUT2D eigenvalue weighted by atomic mass is 10.1. The molecule has 30 heavy (non-hydrogen) atoms. The van der Waals surface area contributed by atoms with Gasteiger partial charge in [0.1, 0.15) is 17.7 Å². The van der Waals surface area contributed by atoms with Crippen molar-refractivity contribution in [3.8, 4) is 5.75 Å². The van der Waals surface area contributed by atoms with Crippen LogP contribution < -0.4 is 15.8 Å². The van der Waals surface area contributed by atoms with Crippen LogP contribution >= 0.6 is 36.6 Å². The number of nitrogens with two attached hydrogens (primary N) is 1. The smallest absolute Gasteiger partial charge is 0.166 e. The number of benzene rings is 2. The van der Waals surface area contributed by atoms with Crippen molar-refractivity contribution in [1.82, 2.24) is 15.3 Å². The minimum Gasteiger partial charge on any atom is -0.490 e. The summed E-state index contributed by atoms with van der Waals surface area (Å²) in [4.78, 5) is 7.90. The van der Waals surface area contributed by atoms with Crippen LogP contribution in [0.4, 0.5) is 0 Å². The summed E-state index contributed by atoms with van der Waals surface area (Å²) in [6.07, 6.45) is 3.45. The zero-order valence-corrected chi connectivity index (χ0v) is 19.0. The highest BCUT2D eigenvalue weighted by atomic mass is 35.5. The number of thioether (sulfide) groups is 1. The van der Waals surface area contributed by atoms with Gasteiger partial charge in [-0.2, -0.15) is 0 Å². The topological polar surface area (TPSA) is 99.8 Å². The van der Waals surface area contributed by atoms with Crippen LogP contribution in [-0.2, 0) is 6.42 Å². The molecular formula is C21H27Cl2N5OS. The second-order valence-corrected chi connectivity index (χ2v) is 8.08. The van der Waals surface area contributed by atoms with Crippen molar-refractivity contribution in [1.29, 1.82) is 5.41 Å². The lowest BCUT2D eigenvalue weighted by Gasteiger charge is -2.23. The van der Waals surface area contributed by atoms with Crippen molar-refractivity contribution in [3.05, 3.63) is 53.6 Å². The van der Waals surface area contributed by atoms with E-state index in [2.05, 4.69) is 39.6 Å². The highest BCUT2D eigenvalue weighted by Crippen LogP contribution is 2.22. The van der Waals surface area contributed by atoms with E-state index in [4.69, 9.17) is 15.9 Å². The zero-order chi connectivity index (χ0) is 19.3. The van der Waals surface area contributed by atoms with Crippen LogP contribution in [0.1, 0.15) is 24.0 Å². The third kappa shape index (κ3) is 6.28. The number of nitrogens with one attached hydrogen (secondary N) is 3. The first-order chi connectivity index (χ1) is 13.7. The molecule has 1 aromatic heterocycles. The molecule has 1 aliphatic heterocycles. The molecule has 5 N–H and O–H groups in total. The van der Waals surface area contributed by atoms with Gasteiger partial charge in [0.2, 0.25) is 0 Å². The van der Waals surface area contributed by atoms with Crippen LogP contribution in [0, 0.1) is 5.41 Å². The number of aryl methyl sites for hydroxylation is 1. The SMILES string of the molecule is Cl.Cl.N=C(N)c1ccc2nc(SCCc3ccc(OC4CCNCC4)cc3)[nH]c2c1. The van der Waals surface area contributed by atoms with E-state index in [0.717, 1.165) is 60.0 Å². The average molecular weight is 468 g/mol. The van der Waals surface area contributed by atoms with Crippen LogP contribution in [-0.4, -0.2) is 40.7 Å². The van der Waals surface area contributed by atoms with Crippen LogP contribution in [0.15, 0.2) is 47.6 Å². The number of nitrogens with zero attached hydrogens (tertiary/aromatic N) is 1. The van der Waals surface area contributed by atoms with E-state index in [1.54, 1.807) is 11.8 Å². The summed E-state index contributed by atoms with van der Waals surface area (Å²) in [5.41, 5.74) is 9.36. The fourth-order valence-corrected chi connectivity index (χ4v) is 4.20. The highest BCUT2D eigenvalue weighted by Gasteiger charge is 2.14. The van der Waals surface area contributed by atoms with Crippen molar-refractivity contribution < 1.29 is 4.74 Å². The Morgan fingerprint density at radius 1 is 1.13 bits per heavy atom. The van der Waals surface area contributed by atoms with Crippen LogP contribution in [0.5, 0.6) is 5.75 Å². The molecule has 2 heterocycles. The summed E-state index contributed by atoms with van der Waals surface area (Å²) in [5, 5.41) is 11.8. The number of rotatable bonds is 7. The lowest BCUT2D eigenvalue weighted by molar-refractivity contribution is 0.162. The number of amidine groups is 1. The van der Waals surface area contributed by atoms with E-state index >= 15 is 0 Å². The van der Waals surface area contributed by atoms with Gasteiger partial charge in [-0.05, 0) is 68.2 Å². The number of aromatic nitrogens is 2. The molecule has 3 aromatic rings. The fourth-order valence-electron chi connectivity index (χ4n) is 3.33. The van der Waals surface area contributed by atoms with Gasteiger partial charge < -0.3 is 20.8 Å². The van der Waals surface area contributed by atoms with Gasteiger partial charge in [-0.15, -0.1) is 24.8 Å². The number of fused-ring (bicyclic) bond motifs is 1. The van der Waals surface area contributed by atoms with Gasteiger partial charge in [-0.3, -0.25) is 5.41 Å². The van der Waals surface area contributed by atoms with Crippen molar-refractivity contribution in [3.63, 3.8) is 0 Å². The molecule has 0 bridgehead atoms. The third-order valence-corrected chi connectivity index (χ3v) is 5.79. The Hall–Kier alpha value is -1.93. The summed E-state index contributed by atoms with van der Waals surface area (Å²) < 4.78 is 6.06. The molecule has 9 heteroatoms. The predicted octanol–water partition coefficient (Wildman–Crippen LogP) is 4.16. The number of hydrogen-bond donors (Lipinski definition) is 4. The zero-order valence-electron chi connectivity index (χ0n) is 16.5. The molecule has 162 valence electrons. The quantitative estimate of drug-likeness (QED) is 0.237. The maximum Gasteiger partial charge on any atom is 0.166 e. The van der Waals surface area contributed by atoms with Crippen molar-refractivity contribution in [2.24, 2.45) is 5.73 Å². The second kappa shape index (κ2) is 11.5. The van der Waals surface area contributed by atoms with Gasteiger partial charge in [-0.25, -0.2) is 4.98 Å². The maximum atomic E-state index is 7.54. The first kappa shape index (κ1) is 24.3. The number of hydrogen-bond acceptors (Lipinski definition) is 5. The summed E-state index contributed by atoms with van der Waals surface area (Å²) in [7, 11) is 0. The minimum absolute atomic E-state index is 0. The maximum absolute atomic E-state index is 7.54. The molecule has 6 nitrogen and oxygen atoms in total. The summed E-state index contributed by atoms with van der Waals surface area (Å²) in [6, 6.07) is 14.0. The van der Waals surface area contributed by atoms with E-state index in [0.29, 0.717) is 11.7 Å². The molecule has 1 saturated heterocycles. The Kier molecular flexibility index (Phi) is 9.30. The molecule has 4 rings (SSSR count). The van der Waals surface area contributed by atoms with Gasteiger partial charge >= 0.3 is 0 Å². The predicted molar refractivity (Wildman–Crippen MR) is 129 cm³/mol. The van der Waals surface area contributed by atoms with E-state index < -0.39 is 0 Å². The number of ether oxygens (including phenoxy) is 1. The number of halogens is 2. The molecule has 0 aliphatic carbocycles. The molecule has 1 aliphatic rings. The molecule has 0 spiro atoms. The molecule has 0 unspecified atom stereocenters. The summed E-state index contributed by atoms with van der Waals surface area (Å²) in [5.74, 6) is 1.97. The lowest BCUT2D eigenvalue weighted by Crippen LogP contribution is -2.34. The number of H-pyrrole nitrogens is 1. The standard InChI is InChI=1S/C21H25N5OS.2ClH/c22-20(23)15-3-6-18-19(13-15)26-21(25-18)28-12-9-14-1-4-16(5-2-14)27-17-7-10-24-11-8-17;;/h1-6,13,17,24H,7-12H2,(H3,22,23)(H,25,26);2*1H. The first-order valence-electron chi connectivity index (χ1n) is 9.61. The van der Waals surface area contributed by atoms with Gasteiger partial charge in [0.25, 0.3) is 0 Å². The normalized spacial score (nSPS) is 14.0. The first-order valence-corrected chi connectivity index (χ1v) is 10.6. The summed E-state index contributed by atoms with van der Waals surface area (Å²) >= 11 is 1.70. The van der Waals surface area contributed by atoms with E-state index in [1.807, 2.05) is 18.2 Å². The number of imidazole rings is 1. The Balaban J connectivity index is 0.00000160. The van der Waals surface area contributed by atoms with Gasteiger partial charge in [0.15, 0.2) is 5.16 Å². The molecule has 0 radical (unpaired) electrons. The third-order valence-electron chi connectivity index (χ3n) is 4.91. The number of aromatic amines is 1. The van der Waals surface area contributed by atoms with Crippen molar-refractivity contribution in [2.45, 2.75) is 30.5 Å². The van der Waals surface area contributed by atoms with E-state index in [9.17, 15) is 0 Å². The molecular weight excluding hydrogens is 441 g/mol. The van der Waals surface area contributed by atoms with E-state index in [-0.39, 0.29) is 30.6 Å². The highest BCUT2D eigenvalue weighted by molar-refractivity contribution is 7.99. The molecule has 0 saturated carbocycles. The van der Waals surface area contributed by atoms with Crippen molar-refractivity contribution in [2.75, 3.05) is 18.8 Å². The second-order valence-electron chi connectivity index (χ2n) is 7.00. The Labute approximate surface area is 193 Å². The van der Waals surface area contributed by atoms with Gasteiger partial charge in [0.05, 0.1) is 11.0 Å². The van der Waals surface area contributed by atoms with Gasteiger partial charge in [0, 0.05) is 11.3 Å². The Bertz CT molecular complexity index is 958. The van der Waals surface area contributed by atoms with Crippen LogP contribution in [0.2, 0.25) is 0 Å². The number of piperidine rings is 1. The Morgan fingerprint density at radius 2 is 1.87 bits per heavy atom. The molecule has 0 atom stereocenters.